The molecule has 15 heteroatoms. The van der Waals surface area contributed by atoms with Crippen molar-refractivity contribution in [3.05, 3.63) is 34.3 Å². The summed E-state index contributed by atoms with van der Waals surface area (Å²) in [5.41, 5.74) is 0.397. The van der Waals surface area contributed by atoms with Crippen molar-refractivity contribution in [2.45, 2.75) is 144 Å². The van der Waals surface area contributed by atoms with Gasteiger partial charge in [-0.05, 0) is 94.7 Å². The molecule has 57 heavy (non-hydrogen) atoms. The van der Waals surface area contributed by atoms with Crippen LogP contribution in [-0.2, 0) is 44.7 Å². The summed E-state index contributed by atoms with van der Waals surface area (Å²) in [5.74, 6) is -1.54. The largest absolute Gasteiger partial charge is 0.465 e. The standard InChI is InChI=1S/C42H69BrN4O10/c1-29(2)26-54-37(49)22-21-35(39(51)56-28-31(5)6)46-40(52)45-34(38(50)55-27-30(3)4)15-12-14-24-47(25-32-17-19-33(43)20-18-32)36(48)16-11-10-13-23-44-41(53)57-42(7,8)9/h17-20,29-31,34-35H,10-16,21-28H2,1-9H3,(H,44,53)(H2,45,46,52). The van der Waals surface area contributed by atoms with E-state index in [9.17, 15) is 28.8 Å². The number of alkyl carbamates (subject to hydrolysis) is 1. The lowest BCUT2D eigenvalue weighted by molar-refractivity contribution is -0.148. The highest BCUT2D eigenvalue weighted by Gasteiger charge is 2.28. The number of hydrogen-bond donors (Lipinski definition) is 3. The summed E-state index contributed by atoms with van der Waals surface area (Å²) < 4.78 is 22.3. The Morgan fingerprint density at radius 3 is 1.77 bits per heavy atom. The molecule has 0 bridgehead atoms. The van der Waals surface area contributed by atoms with E-state index in [0.29, 0.717) is 51.7 Å². The van der Waals surface area contributed by atoms with E-state index in [4.69, 9.17) is 18.9 Å². The van der Waals surface area contributed by atoms with Gasteiger partial charge in [0.15, 0.2) is 0 Å². The molecule has 0 aliphatic carbocycles. The molecule has 2 unspecified atom stereocenters. The van der Waals surface area contributed by atoms with E-state index in [1.165, 1.54) is 0 Å². The maximum atomic E-state index is 13.5. The number of amides is 4. The zero-order valence-corrected chi connectivity index (χ0v) is 37.3. The van der Waals surface area contributed by atoms with Crippen molar-refractivity contribution in [1.82, 2.24) is 20.9 Å². The van der Waals surface area contributed by atoms with Crippen LogP contribution in [0.5, 0.6) is 0 Å². The number of esters is 3. The smallest absolute Gasteiger partial charge is 0.407 e. The SMILES string of the molecule is CC(C)COC(=O)CCC(NC(=O)NC(CCCCN(Cc1ccc(Br)cc1)C(=O)CCCCCNC(=O)OC(C)(C)C)C(=O)OCC(C)C)C(=O)OCC(C)C. The van der Waals surface area contributed by atoms with E-state index in [2.05, 4.69) is 31.9 Å². The minimum absolute atomic E-state index is 0.00750. The van der Waals surface area contributed by atoms with Crippen LogP contribution in [0.2, 0.25) is 0 Å². The monoisotopic (exact) mass is 868 g/mol. The van der Waals surface area contributed by atoms with E-state index >= 15 is 0 Å². The maximum Gasteiger partial charge on any atom is 0.407 e. The highest BCUT2D eigenvalue weighted by Crippen LogP contribution is 2.16. The molecule has 2 atom stereocenters. The van der Waals surface area contributed by atoms with E-state index in [-0.39, 0.29) is 62.7 Å². The molecule has 0 fully saturated rings. The van der Waals surface area contributed by atoms with Crippen molar-refractivity contribution in [2.24, 2.45) is 17.8 Å². The lowest BCUT2D eigenvalue weighted by Crippen LogP contribution is -2.52. The van der Waals surface area contributed by atoms with Gasteiger partial charge in [0.1, 0.15) is 17.7 Å². The molecule has 0 aromatic heterocycles. The van der Waals surface area contributed by atoms with Gasteiger partial charge in [-0.25, -0.2) is 19.2 Å². The molecular weight excluding hydrogens is 800 g/mol. The third-order valence-corrected chi connectivity index (χ3v) is 8.59. The summed E-state index contributed by atoms with van der Waals surface area (Å²) in [6, 6.07) is 4.79. The first-order valence-electron chi connectivity index (χ1n) is 20.3. The summed E-state index contributed by atoms with van der Waals surface area (Å²) in [6.45, 7) is 18.6. The predicted molar refractivity (Wildman–Crippen MR) is 222 cm³/mol. The molecule has 3 N–H and O–H groups in total. The minimum atomic E-state index is -1.15. The van der Waals surface area contributed by atoms with Gasteiger partial charge in [-0.3, -0.25) is 9.59 Å². The van der Waals surface area contributed by atoms with Gasteiger partial charge in [-0.2, -0.15) is 0 Å². The predicted octanol–water partition coefficient (Wildman–Crippen LogP) is 7.45. The Morgan fingerprint density at radius 1 is 0.684 bits per heavy atom. The highest BCUT2D eigenvalue weighted by molar-refractivity contribution is 9.10. The normalized spacial score (nSPS) is 12.4. The van der Waals surface area contributed by atoms with Crippen LogP contribution >= 0.6 is 15.9 Å². The lowest BCUT2D eigenvalue weighted by atomic mass is 10.1. The van der Waals surface area contributed by atoms with Gasteiger partial charge >= 0.3 is 30.0 Å². The first-order valence-corrected chi connectivity index (χ1v) is 21.1. The molecule has 14 nitrogen and oxygen atoms in total. The third-order valence-electron chi connectivity index (χ3n) is 8.06. The van der Waals surface area contributed by atoms with Crippen LogP contribution in [0.3, 0.4) is 0 Å². The Morgan fingerprint density at radius 2 is 1.23 bits per heavy atom. The minimum Gasteiger partial charge on any atom is -0.465 e. The summed E-state index contributed by atoms with van der Waals surface area (Å²) in [4.78, 5) is 78.9. The van der Waals surface area contributed by atoms with Gasteiger partial charge in [-0.1, -0.05) is 76.0 Å². The van der Waals surface area contributed by atoms with E-state index < -0.39 is 47.7 Å². The molecule has 0 heterocycles. The van der Waals surface area contributed by atoms with Crippen molar-refractivity contribution in [2.75, 3.05) is 32.9 Å². The first-order chi connectivity index (χ1) is 26.7. The van der Waals surface area contributed by atoms with Gasteiger partial charge in [0.25, 0.3) is 0 Å². The fourth-order valence-corrected chi connectivity index (χ4v) is 5.41. The number of halogens is 1. The van der Waals surface area contributed by atoms with Gasteiger partial charge in [0.05, 0.1) is 19.8 Å². The zero-order chi connectivity index (χ0) is 43.0. The van der Waals surface area contributed by atoms with Gasteiger partial charge in [0, 0.05) is 36.9 Å². The number of nitrogens with zero attached hydrogens (tertiary/aromatic N) is 1. The number of urea groups is 1. The quantitative estimate of drug-likeness (QED) is 0.0481. The Labute approximate surface area is 348 Å². The van der Waals surface area contributed by atoms with Crippen LogP contribution in [0.1, 0.15) is 126 Å². The van der Waals surface area contributed by atoms with Gasteiger partial charge < -0.3 is 39.8 Å². The van der Waals surface area contributed by atoms with Crippen molar-refractivity contribution >= 4 is 51.9 Å². The average molecular weight is 870 g/mol. The maximum absolute atomic E-state index is 13.5. The Balaban J connectivity index is 2.93. The van der Waals surface area contributed by atoms with Crippen molar-refractivity contribution in [1.29, 1.82) is 0 Å². The van der Waals surface area contributed by atoms with Gasteiger partial charge in [0.2, 0.25) is 5.91 Å². The highest BCUT2D eigenvalue weighted by atomic mass is 79.9. The number of ether oxygens (including phenoxy) is 4. The summed E-state index contributed by atoms with van der Waals surface area (Å²) >= 11 is 3.46. The van der Waals surface area contributed by atoms with E-state index in [1.807, 2.05) is 65.8 Å². The summed E-state index contributed by atoms with van der Waals surface area (Å²) in [6.07, 6.45) is 3.06. The Bertz CT molecular complexity index is 1380. The number of unbranched alkanes of at least 4 members (excludes halogenated alkanes) is 3. The third kappa shape index (κ3) is 25.9. The fourth-order valence-electron chi connectivity index (χ4n) is 5.14. The number of carbonyl (C=O) groups excluding carboxylic acids is 6. The number of benzene rings is 1. The molecule has 4 amide bonds. The molecule has 0 saturated heterocycles. The number of nitrogens with one attached hydrogen (secondary N) is 3. The van der Waals surface area contributed by atoms with Crippen LogP contribution in [-0.4, -0.2) is 91.4 Å². The summed E-state index contributed by atoms with van der Waals surface area (Å²) in [7, 11) is 0. The second kappa shape index (κ2) is 27.7. The van der Waals surface area contributed by atoms with Gasteiger partial charge in [-0.15, -0.1) is 0 Å². The first kappa shape index (κ1) is 51.1. The second-order valence-electron chi connectivity index (χ2n) is 16.6. The Kier molecular flexibility index (Phi) is 24.9. The van der Waals surface area contributed by atoms with Crippen LogP contribution in [0.15, 0.2) is 28.7 Å². The number of rotatable bonds is 26. The lowest BCUT2D eigenvalue weighted by Gasteiger charge is -2.24. The molecular formula is C42H69BrN4O10. The van der Waals surface area contributed by atoms with Crippen molar-refractivity contribution in [3.63, 3.8) is 0 Å². The van der Waals surface area contributed by atoms with Crippen molar-refractivity contribution in [3.8, 4) is 0 Å². The fraction of sp³-hybridized carbons (Fsp3) is 0.714. The molecule has 1 aromatic carbocycles. The molecule has 0 aliphatic heterocycles. The van der Waals surface area contributed by atoms with Crippen LogP contribution in [0, 0.1) is 17.8 Å². The van der Waals surface area contributed by atoms with Crippen molar-refractivity contribution < 1.29 is 47.7 Å². The Hall–Kier alpha value is -3.88. The molecule has 1 rings (SSSR count). The number of hydrogen-bond acceptors (Lipinski definition) is 10. The van der Waals surface area contributed by atoms with E-state index in [1.54, 1.807) is 25.7 Å². The molecule has 0 spiro atoms. The zero-order valence-electron chi connectivity index (χ0n) is 35.7. The van der Waals surface area contributed by atoms with Crippen LogP contribution in [0.25, 0.3) is 0 Å². The molecule has 324 valence electrons. The average Bonchev–Trinajstić information content (AvgIpc) is 3.12. The number of carbonyl (C=O) groups is 6. The van der Waals surface area contributed by atoms with Crippen LogP contribution in [0.4, 0.5) is 9.59 Å². The summed E-state index contributed by atoms with van der Waals surface area (Å²) in [5, 5.41) is 8.00. The molecule has 0 saturated carbocycles. The molecule has 1 aromatic rings. The topological polar surface area (TPSA) is 179 Å². The molecule has 0 aliphatic rings. The second-order valence-corrected chi connectivity index (χ2v) is 17.5. The van der Waals surface area contributed by atoms with E-state index in [0.717, 1.165) is 16.5 Å². The molecule has 0 radical (unpaired) electrons. The van der Waals surface area contributed by atoms with Crippen LogP contribution < -0.4 is 16.0 Å².